The third kappa shape index (κ3) is 3.90. The van der Waals surface area contributed by atoms with Gasteiger partial charge in [-0.3, -0.25) is 9.78 Å². The van der Waals surface area contributed by atoms with Gasteiger partial charge in [0, 0.05) is 24.3 Å². The van der Waals surface area contributed by atoms with Crippen LogP contribution in [-0.4, -0.2) is 22.4 Å². The largest absolute Gasteiger partial charge is 0.352 e. The number of nitrogens with one attached hydrogen (secondary N) is 1. The molecule has 0 aliphatic heterocycles. The van der Waals surface area contributed by atoms with Gasteiger partial charge in [-0.05, 0) is 91.3 Å². The van der Waals surface area contributed by atoms with Gasteiger partial charge >= 0.3 is 0 Å². The molecule has 0 bridgehead atoms. The lowest BCUT2D eigenvalue weighted by Crippen LogP contribution is -2.28. The Hall–Kier alpha value is -3.26. The molecule has 0 spiro atoms. The Labute approximate surface area is 181 Å². The van der Waals surface area contributed by atoms with Crippen LogP contribution in [0.15, 0.2) is 48.8 Å². The molecule has 2 saturated carbocycles. The first-order valence-electron chi connectivity index (χ1n) is 10.9. The van der Waals surface area contributed by atoms with Gasteiger partial charge in [-0.15, -0.1) is 6.42 Å². The van der Waals surface area contributed by atoms with Crippen LogP contribution < -0.4 is 5.32 Å². The number of terminal acetylenes is 1. The van der Waals surface area contributed by atoms with E-state index in [1.807, 2.05) is 6.20 Å². The van der Waals surface area contributed by atoms with Crippen LogP contribution >= 0.6 is 0 Å². The predicted molar refractivity (Wildman–Crippen MR) is 118 cm³/mol. The lowest BCUT2D eigenvalue weighted by Gasteiger charge is -2.17. The van der Waals surface area contributed by atoms with Crippen LogP contribution in [-0.2, 0) is 0 Å². The highest BCUT2D eigenvalue weighted by atomic mass is 19.1. The highest BCUT2D eigenvalue weighted by molar-refractivity contribution is 5.93. The van der Waals surface area contributed by atoms with Crippen molar-refractivity contribution in [3.63, 3.8) is 0 Å². The summed E-state index contributed by atoms with van der Waals surface area (Å²) in [4.78, 5) is 20.9. The SMILES string of the molecule is C#Cc1ccc(C(=O)NCC2C[C@@H]3CC(c4ccnc5ccc(F)cc45)C[C@@H]3C2)cn1. The molecular weight excluding hydrogens is 389 g/mol. The van der Waals surface area contributed by atoms with Crippen LogP contribution in [0.3, 0.4) is 0 Å². The zero-order chi connectivity index (χ0) is 21.4. The molecule has 31 heavy (non-hydrogen) atoms. The van der Waals surface area contributed by atoms with Crippen LogP contribution in [0.5, 0.6) is 0 Å². The van der Waals surface area contributed by atoms with Crippen molar-refractivity contribution in [1.82, 2.24) is 15.3 Å². The second kappa shape index (κ2) is 8.11. The number of nitrogens with zero attached hydrogens (tertiary/aromatic N) is 2. The molecule has 2 aliphatic rings. The minimum absolute atomic E-state index is 0.101. The quantitative estimate of drug-likeness (QED) is 0.631. The molecule has 5 heteroatoms. The third-order valence-corrected chi connectivity index (χ3v) is 7.02. The van der Waals surface area contributed by atoms with Gasteiger partial charge in [0.05, 0.1) is 11.1 Å². The molecular formula is C26H24FN3O. The van der Waals surface area contributed by atoms with Gasteiger partial charge in [-0.1, -0.05) is 5.92 Å². The monoisotopic (exact) mass is 413 g/mol. The molecule has 2 aromatic heterocycles. The predicted octanol–water partition coefficient (Wildman–Crippen LogP) is 4.70. The number of hydrogen-bond donors (Lipinski definition) is 1. The standard InChI is InChI=1S/C26H24FN3O/c1-2-22-5-3-17(15-29-22)26(31)30-14-16-9-18-11-20(12-19(18)10-16)23-7-8-28-25-6-4-21(27)13-24(23)25/h1,3-8,13,15-16,18-20H,9-12,14H2,(H,30,31)/t16?,18-,19+,20?. The number of aromatic nitrogens is 2. The fraction of sp³-hybridized carbons (Fsp3) is 0.346. The van der Waals surface area contributed by atoms with Crippen molar-refractivity contribution in [3.05, 3.63) is 71.4 Å². The summed E-state index contributed by atoms with van der Waals surface area (Å²) >= 11 is 0. The summed E-state index contributed by atoms with van der Waals surface area (Å²) in [5, 5.41) is 4.01. The zero-order valence-electron chi connectivity index (χ0n) is 17.2. The van der Waals surface area contributed by atoms with E-state index in [4.69, 9.17) is 6.42 Å². The minimum atomic E-state index is -0.208. The summed E-state index contributed by atoms with van der Waals surface area (Å²) in [5.41, 5.74) is 3.15. The van der Waals surface area contributed by atoms with E-state index in [0.717, 1.165) is 36.6 Å². The van der Waals surface area contributed by atoms with Gasteiger partial charge in [0.2, 0.25) is 0 Å². The van der Waals surface area contributed by atoms with Gasteiger partial charge in [-0.25, -0.2) is 9.37 Å². The van der Waals surface area contributed by atoms with Crippen LogP contribution in [0.25, 0.3) is 10.9 Å². The molecule has 3 aromatic rings. The average molecular weight is 413 g/mol. The van der Waals surface area contributed by atoms with Crippen molar-refractivity contribution in [2.75, 3.05) is 6.54 Å². The van der Waals surface area contributed by atoms with Crippen molar-refractivity contribution < 1.29 is 9.18 Å². The fourth-order valence-corrected chi connectivity index (χ4v) is 5.61. The fourth-order valence-electron chi connectivity index (χ4n) is 5.61. The number of fused-ring (bicyclic) bond motifs is 2. The van der Waals surface area contributed by atoms with Crippen LogP contribution in [0.4, 0.5) is 4.39 Å². The van der Waals surface area contributed by atoms with Gasteiger partial charge in [0.25, 0.3) is 5.91 Å². The highest BCUT2D eigenvalue weighted by Crippen LogP contribution is 2.53. The molecule has 4 nitrogen and oxygen atoms in total. The molecule has 2 unspecified atom stereocenters. The van der Waals surface area contributed by atoms with E-state index in [-0.39, 0.29) is 11.7 Å². The molecule has 2 fully saturated rings. The van der Waals surface area contributed by atoms with E-state index in [1.165, 1.54) is 17.8 Å². The van der Waals surface area contributed by atoms with E-state index in [9.17, 15) is 9.18 Å². The molecule has 1 N–H and O–H groups in total. The summed E-state index contributed by atoms with van der Waals surface area (Å²) in [7, 11) is 0. The lowest BCUT2D eigenvalue weighted by atomic mass is 9.90. The van der Waals surface area contributed by atoms with E-state index in [0.29, 0.717) is 41.5 Å². The van der Waals surface area contributed by atoms with Gasteiger partial charge < -0.3 is 5.32 Å². The first kappa shape index (κ1) is 19.7. The van der Waals surface area contributed by atoms with Gasteiger partial charge in [0.15, 0.2) is 0 Å². The average Bonchev–Trinajstić information content (AvgIpc) is 3.36. The molecule has 0 radical (unpaired) electrons. The van der Waals surface area contributed by atoms with Crippen LogP contribution in [0, 0.1) is 35.9 Å². The number of rotatable bonds is 4. The second-order valence-electron chi connectivity index (χ2n) is 8.87. The summed E-state index contributed by atoms with van der Waals surface area (Å²) in [6, 6.07) is 10.3. The molecule has 2 heterocycles. The molecule has 1 amide bonds. The van der Waals surface area contributed by atoms with Crippen molar-refractivity contribution in [2.45, 2.75) is 31.6 Å². The van der Waals surface area contributed by atoms with Gasteiger partial charge in [-0.2, -0.15) is 0 Å². The highest BCUT2D eigenvalue weighted by Gasteiger charge is 2.42. The molecule has 0 saturated heterocycles. The number of hydrogen-bond acceptors (Lipinski definition) is 3. The van der Waals surface area contributed by atoms with Crippen LogP contribution in [0.2, 0.25) is 0 Å². The molecule has 2 aliphatic carbocycles. The second-order valence-corrected chi connectivity index (χ2v) is 8.87. The van der Waals surface area contributed by atoms with E-state index in [2.05, 4.69) is 27.3 Å². The van der Waals surface area contributed by atoms with Crippen molar-refractivity contribution in [3.8, 4) is 12.3 Å². The maximum Gasteiger partial charge on any atom is 0.252 e. The Morgan fingerprint density at radius 3 is 2.61 bits per heavy atom. The minimum Gasteiger partial charge on any atom is -0.352 e. The Bertz CT molecular complexity index is 1150. The maximum atomic E-state index is 13.8. The Morgan fingerprint density at radius 1 is 1.10 bits per heavy atom. The lowest BCUT2D eigenvalue weighted by molar-refractivity contribution is 0.0946. The van der Waals surface area contributed by atoms with E-state index in [1.54, 1.807) is 24.3 Å². The molecule has 5 rings (SSSR count). The number of pyridine rings is 2. The normalized spacial score (nSPS) is 24.6. The van der Waals surface area contributed by atoms with E-state index >= 15 is 0 Å². The maximum absolute atomic E-state index is 13.8. The van der Waals surface area contributed by atoms with Crippen molar-refractivity contribution in [2.24, 2.45) is 17.8 Å². The number of carbonyl (C=O) groups excluding carboxylic acids is 1. The summed E-state index contributed by atoms with van der Waals surface area (Å²) in [6.45, 7) is 0.691. The summed E-state index contributed by atoms with van der Waals surface area (Å²) in [5.74, 6) is 4.44. The van der Waals surface area contributed by atoms with Crippen LogP contribution in [0.1, 0.15) is 53.2 Å². The van der Waals surface area contributed by atoms with Gasteiger partial charge in [0.1, 0.15) is 11.5 Å². The molecule has 156 valence electrons. The zero-order valence-corrected chi connectivity index (χ0v) is 17.2. The number of carbonyl (C=O) groups is 1. The number of halogens is 1. The Morgan fingerprint density at radius 2 is 1.90 bits per heavy atom. The van der Waals surface area contributed by atoms with Crippen molar-refractivity contribution in [1.29, 1.82) is 0 Å². The first-order chi connectivity index (χ1) is 15.1. The molecule has 1 aromatic carbocycles. The smallest absolute Gasteiger partial charge is 0.252 e. The number of benzene rings is 1. The Balaban J connectivity index is 1.19. The Kier molecular flexibility index (Phi) is 5.15. The first-order valence-corrected chi connectivity index (χ1v) is 10.9. The van der Waals surface area contributed by atoms with Crippen molar-refractivity contribution >= 4 is 16.8 Å². The summed E-state index contributed by atoms with van der Waals surface area (Å²) in [6.07, 6.45) is 13.2. The van der Waals surface area contributed by atoms with E-state index < -0.39 is 0 Å². The summed E-state index contributed by atoms with van der Waals surface area (Å²) < 4.78 is 13.8. The number of amides is 1. The topological polar surface area (TPSA) is 54.9 Å². The third-order valence-electron chi connectivity index (χ3n) is 7.02. The molecule has 4 atom stereocenters.